The van der Waals surface area contributed by atoms with E-state index >= 15 is 0 Å². The van der Waals surface area contributed by atoms with Crippen molar-refractivity contribution < 1.29 is 13.6 Å². The van der Waals surface area contributed by atoms with Gasteiger partial charge in [-0.2, -0.15) is 0 Å². The van der Waals surface area contributed by atoms with E-state index in [1.54, 1.807) is 24.5 Å². The molecule has 0 aliphatic carbocycles. The first kappa shape index (κ1) is 16.8. The molecule has 0 radical (unpaired) electrons. The summed E-state index contributed by atoms with van der Waals surface area (Å²) in [6, 6.07) is 15.1. The molecule has 27 heavy (non-hydrogen) atoms. The van der Waals surface area contributed by atoms with Gasteiger partial charge in [-0.15, -0.1) is 0 Å². The van der Waals surface area contributed by atoms with Crippen LogP contribution in [0.1, 0.15) is 16.9 Å². The second kappa shape index (κ2) is 6.96. The van der Waals surface area contributed by atoms with Gasteiger partial charge in [0.1, 0.15) is 11.3 Å². The Hall–Kier alpha value is -3.60. The third-order valence-electron chi connectivity index (χ3n) is 4.31. The molecule has 5 heteroatoms. The van der Waals surface area contributed by atoms with Crippen LogP contribution in [0.15, 0.2) is 69.7 Å². The lowest BCUT2D eigenvalue weighted by Crippen LogP contribution is -2.09. The summed E-state index contributed by atoms with van der Waals surface area (Å²) in [6.45, 7) is 3.95. The molecular formula is C22H18N2O3. The summed E-state index contributed by atoms with van der Waals surface area (Å²) >= 11 is 0. The average Bonchev–Trinajstić information content (AvgIpc) is 3.30. The highest BCUT2D eigenvalue weighted by atomic mass is 16.3. The largest absolute Gasteiger partial charge is 0.465 e. The van der Waals surface area contributed by atoms with Crippen LogP contribution >= 0.6 is 0 Å². The number of nitrogens with zero attached hydrogens (tertiary/aromatic N) is 1. The van der Waals surface area contributed by atoms with Gasteiger partial charge >= 0.3 is 0 Å². The fraction of sp³-hybridized carbons (Fsp3) is 0.0909. The summed E-state index contributed by atoms with van der Waals surface area (Å²) < 4.78 is 11.1. The minimum absolute atomic E-state index is 0.236. The maximum atomic E-state index is 12.2. The summed E-state index contributed by atoms with van der Waals surface area (Å²) in [5.41, 5.74) is 5.13. The van der Waals surface area contributed by atoms with Gasteiger partial charge in [-0.1, -0.05) is 12.1 Å². The van der Waals surface area contributed by atoms with Crippen LogP contribution in [0.3, 0.4) is 0 Å². The Morgan fingerprint density at radius 1 is 1.11 bits per heavy atom. The molecule has 0 bridgehead atoms. The smallest absolute Gasteiger partial charge is 0.248 e. The Morgan fingerprint density at radius 3 is 2.81 bits per heavy atom. The van der Waals surface area contributed by atoms with Crippen molar-refractivity contribution in [2.24, 2.45) is 0 Å². The molecule has 0 aliphatic heterocycles. The number of furan rings is 1. The molecule has 0 saturated carbocycles. The average molecular weight is 358 g/mol. The van der Waals surface area contributed by atoms with Gasteiger partial charge in [-0.25, -0.2) is 4.98 Å². The van der Waals surface area contributed by atoms with Crippen molar-refractivity contribution in [3.05, 3.63) is 77.8 Å². The van der Waals surface area contributed by atoms with Gasteiger partial charge in [0.25, 0.3) is 0 Å². The number of anilines is 1. The summed E-state index contributed by atoms with van der Waals surface area (Å²) in [5, 5.41) is 2.89. The maximum absolute atomic E-state index is 12.2. The van der Waals surface area contributed by atoms with Crippen molar-refractivity contribution in [1.82, 2.24) is 4.98 Å². The first-order valence-electron chi connectivity index (χ1n) is 8.60. The number of carbonyl (C=O) groups is 1. The minimum atomic E-state index is -0.236. The first-order chi connectivity index (χ1) is 13.1. The lowest BCUT2D eigenvalue weighted by atomic mass is 10.1. The molecule has 2 aromatic heterocycles. The SMILES string of the molecule is Cc1ccc2oc(-c3cccc(NC(=O)/C=C/c4ccco4)c3C)nc2c1. The van der Waals surface area contributed by atoms with Crippen molar-refractivity contribution in [3.63, 3.8) is 0 Å². The zero-order chi connectivity index (χ0) is 18.8. The van der Waals surface area contributed by atoms with E-state index in [2.05, 4.69) is 10.3 Å². The summed E-state index contributed by atoms with van der Waals surface area (Å²) in [5.74, 6) is 0.924. The predicted molar refractivity (Wildman–Crippen MR) is 105 cm³/mol. The lowest BCUT2D eigenvalue weighted by molar-refractivity contribution is -0.111. The fourth-order valence-corrected chi connectivity index (χ4v) is 2.87. The number of aryl methyl sites for hydroxylation is 1. The van der Waals surface area contributed by atoms with Crippen molar-refractivity contribution >= 4 is 28.8 Å². The van der Waals surface area contributed by atoms with Crippen LogP contribution < -0.4 is 5.32 Å². The number of hydrogen-bond donors (Lipinski definition) is 1. The Bertz CT molecular complexity index is 1140. The van der Waals surface area contributed by atoms with Gasteiger partial charge in [0.05, 0.1) is 6.26 Å². The van der Waals surface area contributed by atoms with Crippen molar-refractivity contribution in [2.75, 3.05) is 5.32 Å². The number of benzene rings is 2. The second-order valence-corrected chi connectivity index (χ2v) is 6.31. The number of fused-ring (bicyclic) bond motifs is 1. The Labute approximate surface area is 156 Å². The predicted octanol–water partition coefficient (Wildman–Crippen LogP) is 5.36. The van der Waals surface area contributed by atoms with Crippen LogP contribution in [0.2, 0.25) is 0 Å². The molecule has 0 atom stereocenters. The molecule has 0 unspecified atom stereocenters. The Kier molecular flexibility index (Phi) is 4.34. The van der Waals surface area contributed by atoms with E-state index < -0.39 is 0 Å². The quantitative estimate of drug-likeness (QED) is 0.499. The van der Waals surface area contributed by atoms with Gasteiger partial charge < -0.3 is 14.2 Å². The fourth-order valence-electron chi connectivity index (χ4n) is 2.87. The third-order valence-corrected chi connectivity index (χ3v) is 4.31. The molecular weight excluding hydrogens is 340 g/mol. The van der Waals surface area contributed by atoms with E-state index in [-0.39, 0.29) is 5.91 Å². The molecule has 2 heterocycles. The first-order valence-corrected chi connectivity index (χ1v) is 8.60. The third kappa shape index (κ3) is 3.53. The number of hydrogen-bond acceptors (Lipinski definition) is 4. The number of aromatic nitrogens is 1. The topological polar surface area (TPSA) is 68.3 Å². The van der Waals surface area contributed by atoms with Crippen LogP contribution in [-0.2, 0) is 4.79 Å². The molecule has 0 spiro atoms. The molecule has 0 fully saturated rings. The van der Waals surface area contributed by atoms with Crippen molar-refractivity contribution in [3.8, 4) is 11.5 Å². The normalized spacial score (nSPS) is 11.3. The number of rotatable bonds is 4. The van der Waals surface area contributed by atoms with Gasteiger partial charge in [0.2, 0.25) is 11.8 Å². The summed E-state index contributed by atoms with van der Waals surface area (Å²) in [6.07, 6.45) is 4.62. The van der Waals surface area contributed by atoms with Crippen LogP contribution in [0.5, 0.6) is 0 Å². The number of carbonyl (C=O) groups excluding carboxylic acids is 1. The van der Waals surface area contributed by atoms with E-state index in [0.29, 0.717) is 17.3 Å². The van der Waals surface area contributed by atoms with Gasteiger partial charge in [-0.05, 0) is 67.4 Å². The molecule has 1 N–H and O–H groups in total. The summed E-state index contributed by atoms with van der Waals surface area (Å²) in [4.78, 5) is 16.8. The molecule has 4 rings (SSSR count). The Balaban J connectivity index is 1.61. The van der Waals surface area contributed by atoms with Crippen molar-refractivity contribution in [2.45, 2.75) is 13.8 Å². The second-order valence-electron chi connectivity index (χ2n) is 6.31. The number of amides is 1. The van der Waals surface area contributed by atoms with E-state index in [4.69, 9.17) is 8.83 Å². The molecule has 1 amide bonds. The van der Waals surface area contributed by atoms with E-state index in [1.165, 1.54) is 6.08 Å². The van der Waals surface area contributed by atoms with Crippen molar-refractivity contribution in [1.29, 1.82) is 0 Å². The maximum Gasteiger partial charge on any atom is 0.248 e. The van der Waals surface area contributed by atoms with Crippen LogP contribution in [0.25, 0.3) is 28.6 Å². The number of nitrogens with one attached hydrogen (secondary N) is 1. The van der Waals surface area contributed by atoms with E-state index in [0.717, 1.165) is 27.8 Å². The standard InChI is InChI=1S/C22H18N2O3/c1-14-8-10-20-19(13-14)24-22(27-20)17-6-3-7-18(15(17)2)23-21(25)11-9-16-5-4-12-26-16/h3-13H,1-2H3,(H,23,25)/b11-9+. The highest BCUT2D eigenvalue weighted by Crippen LogP contribution is 2.30. The van der Waals surface area contributed by atoms with E-state index in [1.807, 2.05) is 50.2 Å². The molecule has 4 aromatic rings. The highest BCUT2D eigenvalue weighted by Gasteiger charge is 2.13. The molecule has 0 aliphatic rings. The Morgan fingerprint density at radius 2 is 2.00 bits per heavy atom. The molecule has 0 saturated heterocycles. The molecule has 134 valence electrons. The van der Waals surface area contributed by atoms with Crippen LogP contribution in [-0.4, -0.2) is 10.9 Å². The summed E-state index contributed by atoms with van der Waals surface area (Å²) in [7, 11) is 0. The number of oxazole rings is 1. The van der Waals surface area contributed by atoms with Gasteiger partial charge in [0.15, 0.2) is 5.58 Å². The minimum Gasteiger partial charge on any atom is -0.465 e. The highest BCUT2D eigenvalue weighted by molar-refractivity contribution is 6.02. The van der Waals surface area contributed by atoms with Crippen LogP contribution in [0, 0.1) is 13.8 Å². The van der Waals surface area contributed by atoms with E-state index in [9.17, 15) is 4.79 Å². The molecule has 5 nitrogen and oxygen atoms in total. The lowest BCUT2D eigenvalue weighted by Gasteiger charge is -2.09. The zero-order valence-corrected chi connectivity index (χ0v) is 15.0. The molecule has 2 aromatic carbocycles. The van der Waals surface area contributed by atoms with Gasteiger partial charge in [0, 0.05) is 17.3 Å². The monoisotopic (exact) mass is 358 g/mol. The zero-order valence-electron chi connectivity index (χ0n) is 15.0. The van der Waals surface area contributed by atoms with Crippen LogP contribution in [0.4, 0.5) is 5.69 Å². The van der Waals surface area contributed by atoms with Gasteiger partial charge in [-0.3, -0.25) is 4.79 Å².